The lowest BCUT2D eigenvalue weighted by Crippen LogP contribution is -2.49. The lowest BCUT2D eigenvalue weighted by molar-refractivity contribution is 0.485. The molecule has 0 saturated carbocycles. The lowest BCUT2D eigenvalue weighted by Gasteiger charge is -2.33. The molecule has 0 spiro atoms. The molecule has 0 unspecified atom stereocenters. The van der Waals surface area contributed by atoms with E-state index >= 15 is 0 Å². The summed E-state index contributed by atoms with van der Waals surface area (Å²) >= 11 is 1.73. The zero-order valence-electron chi connectivity index (χ0n) is 15.5. The van der Waals surface area contributed by atoms with Gasteiger partial charge >= 0.3 is 0 Å². The van der Waals surface area contributed by atoms with Gasteiger partial charge in [0.1, 0.15) is 4.83 Å². The maximum Gasteiger partial charge on any atom is 0.125 e. The van der Waals surface area contributed by atoms with E-state index in [2.05, 4.69) is 52.5 Å². The predicted octanol–water partition coefficient (Wildman–Crippen LogP) is 3.77. The number of anilines is 2. The fraction of sp³-hybridized carbons (Fsp3) is 0.381. The molecule has 5 heteroatoms. The van der Waals surface area contributed by atoms with Gasteiger partial charge in [-0.05, 0) is 56.5 Å². The summed E-state index contributed by atoms with van der Waals surface area (Å²) in [5, 5.41) is 4.59. The Bertz CT molecular complexity index is 900. The number of hydrogen-bond acceptors (Lipinski definition) is 5. The van der Waals surface area contributed by atoms with Crippen LogP contribution in [0.25, 0.3) is 10.2 Å². The minimum absolute atomic E-state index is 0.552. The van der Waals surface area contributed by atoms with Crippen LogP contribution >= 0.6 is 11.3 Å². The van der Waals surface area contributed by atoms with Gasteiger partial charge in [0.05, 0.1) is 5.69 Å². The summed E-state index contributed by atoms with van der Waals surface area (Å²) in [7, 11) is 0. The van der Waals surface area contributed by atoms with Crippen molar-refractivity contribution >= 4 is 32.9 Å². The van der Waals surface area contributed by atoms with Gasteiger partial charge in [-0.15, -0.1) is 11.3 Å². The number of aryl methyl sites for hydroxylation is 3. The Morgan fingerprint density at radius 3 is 2.77 bits per heavy atom. The van der Waals surface area contributed by atoms with Crippen LogP contribution in [0, 0.1) is 6.92 Å². The van der Waals surface area contributed by atoms with Gasteiger partial charge in [0.15, 0.2) is 0 Å². The molecule has 1 fully saturated rings. The number of pyridine rings is 1. The largest absolute Gasteiger partial charge is 0.397 e. The number of aromatic nitrogens is 1. The van der Waals surface area contributed by atoms with Gasteiger partial charge in [-0.25, -0.2) is 4.98 Å². The molecule has 0 radical (unpaired) electrons. The van der Waals surface area contributed by atoms with Crippen LogP contribution in [0.1, 0.15) is 23.1 Å². The second-order valence-electron chi connectivity index (χ2n) is 7.21. The second kappa shape index (κ2) is 7.25. The van der Waals surface area contributed by atoms with E-state index < -0.39 is 0 Å². The Balaban J connectivity index is 1.44. The minimum Gasteiger partial charge on any atom is -0.397 e. The first-order valence-corrected chi connectivity index (χ1v) is 10.1. The van der Waals surface area contributed by atoms with E-state index in [1.807, 2.05) is 13.0 Å². The Morgan fingerprint density at radius 1 is 1.19 bits per heavy atom. The minimum atomic E-state index is 0.552. The van der Waals surface area contributed by atoms with Crippen molar-refractivity contribution in [1.29, 1.82) is 0 Å². The number of hydrogen-bond donors (Lipinski definition) is 2. The molecule has 26 heavy (non-hydrogen) atoms. The fourth-order valence-electron chi connectivity index (χ4n) is 3.62. The Kier molecular flexibility index (Phi) is 4.83. The van der Waals surface area contributed by atoms with Gasteiger partial charge in [0, 0.05) is 47.3 Å². The standard InChI is InChI=1S/C21H26N4S/c1-14-3-9-18-20(22)19(26-21(18)24-14)10-6-16-4-7-17(8-5-16)25-12-11-23-15(2)13-25/h3-5,7-9,15,23H,6,10-13,22H2,1-2H3/t15-/m0/s1. The first kappa shape index (κ1) is 17.3. The summed E-state index contributed by atoms with van der Waals surface area (Å²) in [6.07, 6.45) is 1.98. The predicted molar refractivity (Wildman–Crippen MR) is 112 cm³/mol. The van der Waals surface area contributed by atoms with Crippen LogP contribution in [0.5, 0.6) is 0 Å². The number of nitrogen functional groups attached to an aromatic ring is 1. The van der Waals surface area contributed by atoms with Crippen molar-refractivity contribution in [2.75, 3.05) is 30.3 Å². The molecule has 0 amide bonds. The van der Waals surface area contributed by atoms with Crippen LogP contribution in [0.3, 0.4) is 0 Å². The normalized spacial score (nSPS) is 17.8. The number of piperazine rings is 1. The van der Waals surface area contributed by atoms with Crippen LogP contribution < -0.4 is 16.0 Å². The van der Waals surface area contributed by atoms with E-state index in [-0.39, 0.29) is 0 Å². The molecule has 0 aliphatic carbocycles. The molecule has 1 aliphatic rings. The smallest absolute Gasteiger partial charge is 0.125 e. The Hall–Kier alpha value is -2.11. The molecular weight excluding hydrogens is 340 g/mol. The van der Waals surface area contributed by atoms with Crippen LogP contribution in [0.15, 0.2) is 36.4 Å². The number of thiophene rings is 1. The van der Waals surface area contributed by atoms with E-state index in [0.29, 0.717) is 6.04 Å². The van der Waals surface area contributed by atoms with Gasteiger partial charge in [-0.3, -0.25) is 0 Å². The lowest BCUT2D eigenvalue weighted by atomic mass is 10.1. The molecule has 4 rings (SSSR count). The van der Waals surface area contributed by atoms with Crippen molar-refractivity contribution in [1.82, 2.24) is 10.3 Å². The quantitative estimate of drug-likeness (QED) is 0.738. The second-order valence-corrected chi connectivity index (χ2v) is 8.30. The molecule has 136 valence electrons. The van der Waals surface area contributed by atoms with Crippen LogP contribution in [0.4, 0.5) is 11.4 Å². The van der Waals surface area contributed by atoms with E-state index in [9.17, 15) is 0 Å². The third-order valence-electron chi connectivity index (χ3n) is 5.12. The van der Waals surface area contributed by atoms with E-state index in [1.54, 1.807) is 11.3 Å². The van der Waals surface area contributed by atoms with Crippen molar-refractivity contribution in [3.8, 4) is 0 Å². The fourth-order valence-corrected chi connectivity index (χ4v) is 4.76. The van der Waals surface area contributed by atoms with Gasteiger partial charge in [0.2, 0.25) is 0 Å². The number of nitrogens with zero attached hydrogens (tertiary/aromatic N) is 2. The van der Waals surface area contributed by atoms with Crippen LogP contribution in [0.2, 0.25) is 0 Å². The highest BCUT2D eigenvalue weighted by molar-refractivity contribution is 7.19. The van der Waals surface area contributed by atoms with Gasteiger partial charge in [0.25, 0.3) is 0 Å². The molecule has 1 aromatic carbocycles. The number of rotatable bonds is 4. The Labute approximate surface area is 159 Å². The zero-order chi connectivity index (χ0) is 18.1. The van der Waals surface area contributed by atoms with Crippen molar-refractivity contribution in [2.24, 2.45) is 0 Å². The summed E-state index contributed by atoms with van der Waals surface area (Å²) in [4.78, 5) is 9.38. The Morgan fingerprint density at radius 2 is 2.00 bits per heavy atom. The summed E-state index contributed by atoms with van der Waals surface area (Å²) in [5.74, 6) is 0. The van der Waals surface area contributed by atoms with Crippen LogP contribution in [-0.4, -0.2) is 30.7 Å². The van der Waals surface area contributed by atoms with Crippen molar-refractivity contribution in [2.45, 2.75) is 32.7 Å². The molecule has 3 aromatic rings. The molecule has 0 bridgehead atoms. The SMILES string of the molecule is Cc1ccc2c(N)c(CCc3ccc(N4CCN[C@@H](C)C4)cc3)sc2n1. The summed E-state index contributed by atoms with van der Waals surface area (Å²) in [6.45, 7) is 7.47. The maximum atomic E-state index is 6.35. The van der Waals surface area contributed by atoms with Gasteiger partial charge in [-0.2, -0.15) is 0 Å². The highest BCUT2D eigenvalue weighted by Crippen LogP contribution is 2.33. The molecule has 4 nitrogen and oxygen atoms in total. The van der Waals surface area contributed by atoms with E-state index in [0.717, 1.165) is 54.1 Å². The average molecular weight is 367 g/mol. The summed E-state index contributed by atoms with van der Waals surface area (Å²) in [5.41, 5.74) is 11.0. The molecule has 3 N–H and O–H groups in total. The molecular formula is C21H26N4S. The van der Waals surface area contributed by atoms with Gasteiger partial charge in [-0.1, -0.05) is 12.1 Å². The van der Waals surface area contributed by atoms with Crippen LogP contribution in [-0.2, 0) is 12.8 Å². The third kappa shape index (κ3) is 3.55. The summed E-state index contributed by atoms with van der Waals surface area (Å²) < 4.78 is 0. The monoisotopic (exact) mass is 366 g/mol. The molecule has 1 atom stereocenters. The number of fused-ring (bicyclic) bond motifs is 1. The first-order chi connectivity index (χ1) is 12.6. The molecule has 2 aromatic heterocycles. The van der Waals surface area contributed by atoms with Gasteiger partial charge < -0.3 is 16.0 Å². The van der Waals surface area contributed by atoms with Crippen molar-refractivity contribution in [3.63, 3.8) is 0 Å². The highest BCUT2D eigenvalue weighted by Gasteiger charge is 2.16. The maximum absolute atomic E-state index is 6.35. The van der Waals surface area contributed by atoms with Crippen molar-refractivity contribution < 1.29 is 0 Å². The molecule has 1 aliphatic heterocycles. The topological polar surface area (TPSA) is 54.2 Å². The summed E-state index contributed by atoms with van der Waals surface area (Å²) in [6, 6.07) is 13.7. The third-order valence-corrected chi connectivity index (χ3v) is 6.30. The highest BCUT2D eigenvalue weighted by atomic mass is 32.1. The average Bonchev–Trinajstić information content (AvgIpc) is 2.95. The number of nitrogens with two attached hydrogens (primary N) is 1. The first-order valence-electron chi connectivity index (χ1n) is 9.32. The van der Waals surface area contributed by atoms with Crippen molar-refractivity contribution in [3.05, 3.63) is 52.5 Å². The number of nitrogens with one attached hydrogen (secondary N) is 1. The van der Waals surface area contributed by atoms with E-state index in [4.69, 9.17) is 5.73 Å². The molecule has 1 saturated heterocycles. The number of benzene rings is 1. The zero-order valence-corrected chi connectivity index (χ0v) is 16.3. The van der Waals surface area contributed by atoms with E-state index in [1.165, 1.54) is 16.1 Å². The molecule has 3 heterocycles.